The first-order valence-electron chi connectivity index (χ1n) is 5.38. The molecular weight excluding hydrogens is 202 g/mol. The van der Waals surface area contributed by atoms with Crippen LogP contribution in [-0.2, 0) is 0 Å². The smallest absolute Gasteiger partial charge is 0.142 e. The lowest BCUT2D eigenvalue weighted by Crippen LogP contribution is -2.46. The maximum atomic E-state index is 5.79. The van der Waals surface area contributed by atoms with E-state index in [2.05, 4.69) is 26.8 Å². The number of nitrogen functional groups attached to an aromatic ring is 1. The van der Waals surface area contributed by atoms with E-state index in [1.807, 2.05) is 0 Å². The molecule has 0 unspecified atom stereocenters. The van der Waals surface area contributed by atoms with Gasteiger partial charge in [-0.05, 0) is 13.3 Å². The summed E-state index contributed by atoms with van der Waals surface area (Å²) in [7, 11) is 0. The zero-order valence-electron chi connectivity index (χ0n) is 9.09. The van der Waals surface area contributed by atoms with Gasteiger partial charge in [-0.2, -0.15) is 0 Å². The van der Waals surface area contributed by atoms with Gasteiger partial charge in [0.25, 0.3) is 0 Å². The SMILES string of the molecule is C[C@H]1CCN1c1nc(N)cc2ncncc12. The van der Waals surface area contributed by atoms with Crippen molar-refractivity contribution in [3.63, 3.8) is 0 Å². The summed E-state index contributed by atoms with van der Waals surface area (Å²) >= 11 is 0. The molecule has 2 aromatic rings. The van der Waals surface area contributed by atoms with E-state index in [4.69, 9.17) is 5.73 Å². The van der Waals surface area contributed by atoms with Gasteiger partial charge in [-0.25, -0.2) is 15.0 Å². The quantitative estimate of drug-likeness (QED) is 0.774. The second kappa shape index (κ2) is 3.30. The first-order valence-corrected chi connectivity index (χ1v) is 5.38. The predicted molar refractivity (Wildman–Crippen MR) is 63.2 cm³/mol. The largest absolute Gasteiger partial charge is 0.384 e. The molecule has 0 aromatic carbocycles. The molecule has 2 aromatic heterocycles. The molecule has 3 rings (SSSR count). The maximum absolute atomic E-state index is 5.79. The molecule has 3 heterocycles. The number of aromatic nitrogens is 3. The van der Waals surface area contributed by atoms with Crippen LogP contribution in [0.1, 0.15) is 13.3 Å². The molecule has 0 bridgehead atoms. The fraction of sp³-hybridized carbons (Fsp3) is 0.364. The number of anilines is 2. The molecule has 16 heavy (non-hydrogen) atoms. The molecule has 5 heteroatoms. The number of hydrogen-bond donors (Lipinski definition) is 1. The topological polar surface area (TPSA) is 67.9 Å². The number of hydrogen-bond acceptors (Lipinski definition) is 5. The monoisotopic (exact) mass is 215 g/mol. The molecule has 1 fully saturated rings. The Bertz CT molecular complexity index is 539. The Hall–Kier alpha value is -1.91. The van der Waals surface area contributed by atoms with Gasteiger partial charge < -0.3 is 10.6 Å². The van der Waals surface area contributed by atoms with Crippen molar-refractivity contribution in [3.8, 4) is 0 Å². The minimum Gasteiger partial charge on any atom is -0.384 e. The van der Waals surface area contributed by atoms with Crippen molar-refractivity contribution < 1.29 is 0 Å². The van der Waals surface area contributed by atoms with Crippen LogP contribution in [-0.4, -0.2) is 27.5 Å². The number of nitrogens with zero attached hydrogens (tertiary/aromatic N) is 4. The van der Waals surface area contributed by atoms with E-state index in [0.29, 0.717) is 11.9 Å². The van der Waals surface area contributed by atoms with E-state index >= 15 is 0 Å². The second-order valence-electron chi connectivity index (χ2n) is 4.16. The molecule has 0 aliphatic carbocycles. The molecule has 1 aliphatic rings. The van der Waals surface area contributed by atoms with E-state index in [1.165, 1.54) is 12.7 Å². The third-order valence-electron chi connectivity index (χ3n) is 3.10. The number of rotatable bonds is 1. The Morgan fingerprint density at radius 3 is 3.06 bits per heavy atom. The normalized spacial score (nSPS) is 19.8. The molecule has 0 amide bonds. The van der Waals surface area contributed by atoms with Crippen LogP contribution in [0.25, 0.3) is 10.9 Å². The minimum atomic E-state index is 0.514. The molecule has 2 N–H and O–H groups in total. The second-order valence-corrected chi connectivity index (χ2v) is 4.16. The van der Waals surface area contributed by atoms with Gasteiger partial charge in [-0.1, -0.05) is 0 Å². The van der Waals surface area contributed by atoms with Crippen molar-refractivity contribution in [2.75, 3.05) is 17.2 Å². The molecule has 0 radical (unpaired) electrons. The van der Waals surface area contributed by atoms with Crippen LogP contribution < -0.4 is 10.6 Å². The van der Waals surface area contributed by atoms with Crippen LogP contribution in [0.15, 0.2) is 18.6 Å². The summed E-state index contributed by atoms with van der Waals surface area (Å²) in [5.74, 6) is 1.43. The van der Waals surface area contributed by atoms with Crippen LogP contribution in [0, 0.1) is 0 Å². The summed E-state index contributed by atoms with van der Waals surface area (Å²) in [6.07, 6.45) is 4.53. The average molecular weight is 215 g/mol. The Balaban J connectivity index is 2.22. The highest BCUT2D eigenvalue weighted by atomic mass is 15.3. The van der Waals surface area contributed by atoms with Gasteiger partial charge in [0.2, 0.25) is 0 Å². The van der Waals surface area contributed by atoms with E-state index in [1.54, 1.807) is 12.3 Å². The van der Waals surface area contributed by atoms with E-state index < -0.39 is 0 Å². The van der Waals surface area contributed by atoms with Crippen LogP contribution >= 0.6 is 0 Å². The number of fused-ring (bicyclic) bond motifs is 1. The van der Waals surface area contributed by atoms with Gasteiger partial charge in [0, 0.05) is 24.8 Å². The van der Waals surface area contributed by atoms with Crippen molar-refractivity contribution in [3.05, 3.63) is 18.6 Å². The summed E-state index contributed by atoms with van der Waals surface area (Å²) in [6.45, 7) is 3.21. The van der Waals surface area contributed by atoms with Crippen molar-refractivity contribution in [2.24, 2.45) is 0 Å². The van der Waals surface area contributed by atoms with Gasteiger partial charge in [0.05, 0.1) is 10.9 Å². The summed E-state index contributed by atoms with van der Waals surface area (Å²) in [5, 5.41) is 0.975. The van der Waals surface area contributed by atoms with E-state index in [0.717, 1.165) is 23.3 Å². The third kappa shape index (κ3) is 1.28. The fourth-order valence-electron chi connectivity index (χ4n) is 2.03. The highest BCUT2D eigenvalue weighted by Gasteiger charge is 2.26. The summed E-state index contributed by atoms with van der Waals surface area (Å²) in [6, 6.07) is 2.31. The van der Waals surface area contributed by atoms with E-state index in [-0.39, 0.29) is 0 Å². The molecule has 82 valence electrons. The third-order valence-corrected chi connectivity index (χ3v) is 3.10. The zero-order chi connectivity index (χ0) is 11.1. The lowest BCUT2D eigenvalue weighted by Gasteiger charge is -2.40. The van der Waals surface area contributed by atoms with Gasteiger partial charge in [-0.3, -0.25) is 0 Å². The lowest BCUT2D eigenvalue weighted by molar-refractivity contribution is 0.478. The summed E-state index contributed by atoms with van der Waals surface area (Å²) < 4.78 is 0. The first kappa shape index (κ1) is 9.33. The highest BCUT2D eigenvalue weighted by Crippen LogP contribution is 2.30. The summed E-state index contributed by atoms with van der Waals surface area (Å²) in [4.78, 5) is 14.9. The Morgan fingerprint density at radius 2 is 2.38 bits per heavy atom. The van der Waals surface area contributed by atoms with Gasteiger partial charge in [0.15, 0.2) is 0 Å². The number of nitrogens with two attached hydrogens (primary N) is 1. The maximum Gasteiger partial charge on any atom is 0.142 e. The van der Waals surface area contributed by atoms with Gasteiger partial charge in [-0.15, -0.1) is 0 Å². The first-order chi connectivity index (χ1) is 7.75. The van der Waals surface area contributed by atoms with Crippen LogP contribution in [0.4, 0.5) is 11.6 Å². The molecule has 0 spiro atoms. The Morgan fingerprint density at radius 1 is 1.50 bits per heavy atom. The molecule has 0 saturated carbocycles. The van der Waals surface area contributed by atoms with Gasteiger partial charge in [0.1, 0.15) is 18.0 Å². The Labute approximate surface area is 93.3 Å². The zero-order valence-corrected chi connectivity index (χ0v) is 9.09. The van der Waals surface area contributed by atoms with Gasteiger partial charge >= 0.3 is 0 Å². The highest BCUT2D eigenvalue weighted by molar-refractivity contribution is 5.91. The average Bonchev–Trinajstić information content (AvgIpc) is 2.27. The van der Waals surface area contributed by atoms with Crippen LogP contribution in [0.3, 0.4) is 0 Å². The minimum absolute atomic E-state index is 0.514. The standard InChI is InChI=1S/C11H13N5/c1-7-2-3-16(7)11-8-5-13-6-14-9(8)4-10(12)15-11/h4-7H,2-3H2,1H3,(H2,12,15)/t7-/m0/s1. The van der Waals surface area contributed by atoms with Crippen LogP contribution in [0.2, 0.25) is 0 Å². The van der Waals surface area contributed by atoms with Crippen LogP contribution in [0.5, 0.6) is 0 Å². The fourth-order valence-corrected chi connectivity index (χ4v) is 2.03. The molecule has 1 saturated heterocycles. The predicted octanol–water partition coefficient (Wildman–Crippen LogP) is 1.21. The van der Waals surface area contributed by atoms with Crippen molar-refractivity contribution in [1.29, 1.82) is 0 Å². The van der Waals surface area contributed by atoms with Crippen molar-refractivity contribution in [2.45, 2.75) is 19.4 Å². The molecule has 5 nitrogen and oxygen atoms in total. The Kier molecular flexibility index (Phi) is 1.92. The molecule has 1 atom stereocenters. The number of pyridine rings is 1. The summed E-state index contributed by atoms with van der Waals surface area (Å²) in [5.41, 5.74) is 6.65. The van der Waals surface area contributed by atoms with Crippen molar-refractivity contribution >= 4 is 22.5 Å². The van der Waals surface area contributed by atoms with Crippen molar-refractivity contribution in [1.82, 2.24) is 15.0 Å². The molecular formula is C11H13N5. The molecule has 1 aliphatic heterocycles. The lowest BCUT2D eigenvalue weighted by atomic mass is 10.0. The van der Waals surface area contributed by atoms with E-state index in [9.17, 15) is 0 Å².